The van der Waals surface area contributed by atoms with E-state index in [1.807, 2.05) is 13.8 Å². The van der Waals surface area contributed by atoms with Gasteiger partial charge < -0.3 is 13.7 Å². The number of hydrogen-bond acceptors (Lipinski definition) is 0. The van der Waals surface area contributed by atoms with Gasteiger partial charge in [0.1, 0.15) is 0 Å². The monoisotopic (exact) mass is 1590 g/mol. The first-order valence-electron chi connectivity index (χ1n) is 43.4. The van der Waals surface area contributed by atoms with Crippen LogP contribution in [0.3, 0.4) is 0 Å². The van der Waals surface area contributed by atoms with Gasteiger partial charge in [0.15, 0.2) is 0 Å². The first-order valence-corrected chi connectivity index (χ1v) is 43.4. The van der Waals surface area contributed by atoms with E-state index in [-0.39, 0.29) is 0 Å². The van der Waals surface area contributed by atoms with Gasteiger partial charge >= 0.3 is 0 Å². The Bertz CT molecular complexity index is 8200. The van der Waals surface area contributed by atoms with E-state index >= 15 is 0 Å². The lowest BCUT2D eigenvalue weighted by Gasteiger charge is -2.19. The van der Waals surface area contributed by atoms with Crippen molar-refractivity contribution in [2.24, 2.45) is 0 Å². The molecule has 0 radical (unpaired) electrons. The molecule has 0 saturated heterocycles. The Morgan fingerprint density at radius 2 is 0.368 bits per heavy atom. The van der Waals surface area contributed by atoms with Gasteiger partial charge in [0.05, 0.1) is 33.1 Å². The van der Waals surface area contributed by atoms with Crippen LogP contribution in [0, 0.1) is 0 Å². The second-order valence-electron chi connectivity index (χ2n) is 32.0. The number of para-hydroxylation sites is 6. The van der Waals surface area contributed by atoms with E-state index in [0.717, 1.165) is 5.69 Å². The summed E-state index contributed by atoms with van der Waals surface area (Å²) in [4.78, 5) is 0. The molecule has 0 aliphatic heterocycles. The predicted octanol–water partition coefficient (Wildman–Crippen LogP) is 34.0. The van der Waals surface area contributed by atoms with Crippen molar-refractivity contribution in [3.8, 4) is 95.0 Å². The Hall–Kier alpha value is -16.2. The largest absolute Gasteiger partial charge is 0.309 e. The van der Waals surface area contributed by atoms with E-state index in [0.29, 0.717) is 0 Å². The van der Waals surface area contributed by atoms with Crippen LogP contribution in [-0.2, 0) is 0 Å². The third kappa shape index (κ3) is 13.2. The summed E-state index contributed by atoms with van der Waals surface area (Å²) in [6.45, 7) is 4.00. The average Bonchev–Trinajstić information content (AvgIpc) is 1.56. The summed E-state index contributed by atoms with van der Waals surface area (Å²) >= 11 is 0. The minimum absolute atomic E-state index is 1.16. The lowest BCUT2D eigenvalue weighted by atomic mass is 9.85. The summed E-state index contributed by atoms with van der Waals surface area (Å²) in [7, 11) is 0. The van der Waals surface area contributed by atoms with Gasteiger partial charge in [-0.1, -0.05) is 402 Å². The SMILES string of the molecule is CC.c1ccc(-c2c3ccccc3c(-c3ccc(-n4c5ccccc5c5ccccc54)cc3)c3ccccc23)cc1.c1ccc(-c2ccc3c(-c4ccc(-n5c6ccccc6c6ccccc65)cc4)c4ccccc4c(-c4ccccc4)c3c2)cc1.c1ccc(-n2c3ccccc3c3cc(-c4ccc(-c5cc6ccccc6c6ccccc56)cc4)ccc32)cc1. The number of aromatic nitrogens is 3. The van der Waals surface area contributed by atoms with Crippen molar-refractivity contribution in [1.29, 1.82) is 0 Å². The van der Waals surface area contributed by atoms with Crippen molar-refractivity contribution < 1.29 is 0 Å². The van der Waals surface area contributed by atoms with Gasteiger partial charge in [0.2, 0.25) is 0 Å². The van der Waals surface area contributed by atoms with E-state index in [4.69, 9.17) is 0 Å². The third-order valence-electron chi connectivity index (χ3n) is 25.2. The fourth-order valence-electron chi connectivity index (χ4n) is 19.7. The standard InChI is InChI=1S/C44H29N.2C38H25N.C2H6/c1-3-13-30(14-4-1)33-25-28-39-40(29-33)44(31-15-5-2-6-16-31)38-20-8-7-19-37(38)43(39)32-23-26-34(27-24-32)45-41-21-11-9-17-35(41)36-18-10-12-22-42(36)45;1-2-12-26(13-3-1)37-31-16-4-6-18-33(31)38(34-19-7-5-17-32(34)37)27-22-24-28(25-23-27)39-35-20-10-8-14-29(35)30-15-9-11-21-36(30)39;1-2-11-30(12-3-1)39-37-17-9-8-16-34(37)36-24-28(22-23-38(36)39)26-18-20-27(21-19-26)35-25-29-10-4-5-13-31(29)32-14-6-7-15-33(32)35;1-2/h1-29H;2*1-25H;1-2H3. The summed E-state index contributed by atoms with van der Waals surface area (Å²) in [5.74, 6) is 0. The van der Waals surface area contributed by atoms with Crippen LogP contribution in [-0.4, -0.2) is 13.7 Å². The molecule has 0 atom stereocenters. The molecular formula is C122H85N3. The molecule has 25 aromatic rings. The summed E-state index contributed by atoms with van der Waals surface area (Å²) in [6.07, 6.45) is 0. The van der Waals surface area contributed by atoms with Gasteiger partial charge in [0, 0.05) is 49.4 Å². The van der Waals surface area contributed by atoms with Gasteiger partial charge in [-0.2, -0.15) is 0 Å². The number of hydrogen-bond donors (Lipinski definition) is 0. The minimum atomic E-state index is 1.16. The van der Waals surface area contributed by atoms with Crippen molar-refractivity contribution in [2.45, 2.75) is 13.8 Å². The first-order chi connectivity index (χ1) is 62.1. The molecule has 0 aliphatic carbocycles. The maximum Gasteiger partial charge on any atom is 0.0541 e. The lowest BCUT2D eigenvalue weighted by molar-refractivity contribution is 1.18. The van der Waals surface area contributed by atoms with Crippen LogP contribution in [0.5, 0.6) is 0 Å². The highest BCUT2D eigenvalue weighted by Gasteiger charge is 2.23. The fourth-order valence-corrected chi connectivity index (χ4v) is 19.7. The number of benzene rings is 22. The van der Waals surface area contributed by atoms with Crippen LogP contribution >= 0.6 is 0 Å². The summed E-state index contributed by atoms with van der Waals surface area (Å²) in [6, 6.07) is 174. The topological polar surface area (TPSA) is 14.8 Å². The van der Waals surface area contributed by atoms with Crippen LogP contribution < -0.4 is 0 Å². The zero-order valence-corrected chi connectivity index (χ0v) is 69.5. The Labute approximate surface area is 726 Å². The van der Waals surface area contributed by atoms with Crippen molar-refractivity contribution in [1.82, 2.24) is 13.7 Å². The predicted molar refractivity (Wildman–Crippen MR) is 537 cm³/mol. The van der Waals surface area contributed by atoms with Gasteiger partial charge in [0.25, 0.3) is 0 Å². The van der Waals surface area contributed by atoms with E-state index in [9.17, 15) is 0 Å². The zero-order valence-electron chi connectivity index (χ0n) is 69.5. The van der Waals surface area contributed by atoms with Crippen molar-refractivity contribution in [3.05, 3.63) is 479 Å². The maximum absolute atomic E-state index is 2.38. The first kappa shape index (κ1) is 75.0. The molecule has 125 heavy (non-hydrogen) atoms. The Morgan fingerprint density at radius 3 is 0.776 bits per heavy atom. The molecule has 25 rings (SSSR count). The highest BCUT2D eigenvalue weighted by molar-refractivity contribution is 6.24. The van der Waals surface area contributed by atoms with E-state index < -0.39 is 0 Å². The summed E-state index contributed by atoms with van der Waals surface area (Å²) in [5, 5.41) is 23.0. The lowest BCUT2D eigenvalue weighted by Crippen LogP contribution is -1.95. The number of fused-ring (bicyclic) bond motifs is 16. The minimum Gasteiger partial charge on any atom is -0.309 e. The second kappa shape index (κ2) is 32.4. The van der Waals surface area contributed by atoms with Gasteiger partial charge in [-0.05, 0) is 234 Å². The molecule has 0 amide bonds. The van der Waals surface area contributed by atoms with Crippen LogP contribution in [0.15, 0.2) is 479 Å². The fraction of sp³-hybridized carbons (Fsp3) is 0.0164. The molecule has 0 spiro atoms. The number of nitrogens with zero attached hydrogens (tertiary/aromatic N) is 3. The molecule has 0 fully saturated rings. The molecular weight excluding hydrogens is 1510 g/mol. The highest BCUT2D eigenvalue weighted by Crippen LogP contribution is 2.49. The normalized spacial score (nSPS) is 11.4. The molecule has 3 aromatic heterocycles. The van der Waals surface area contributed by atoms with Crippen molar-refractivity contribution in [2.75, 3.05) is 0 Å². The molecule has 3 heterocycles. The van der Waals surface area contributed by atoms with E-state index in [1.165, 1.54) is 219 Å². The average molecular weight is 1590 g/mol. The van der Waals surface area contributed by atoms with Gasteiger partial charge in [-0.15, -0.1) is 0 Å². The molecule has 0 saturated carbocycles. The van der Waals surface area contributed by atoms with Crippen LogP contribution in [0.1, 0.15) is 13.8 Å². The maximum atomic E-state index is 2.38. The Kier molecular flexibility index (Phi) is 19.5. The smallest absolute Gasteiger partial charge is 0.0541 e. The molecule has 3 heteroatoms. The molecule has 588 valence electrons. The molecule has 0 unspecified atom stereocenters. The van der Waals surface area contributed by atoms with Crippen LogP contribution in [0.4, 0.5) is 0 Å². The third-order valence-corrected chi connectivity index (χ3v) is 25.2. The molecule has 3 nitrogen and oxygen atoms in total. The van der Waals surface area contributed by atoms with E-state index in [2.05, 4.69) is 493 Å². The Balaban J connectivity index is 0.000000110. The van der Waals surface area contributed by atoms with Crippen molar-refractivity contribution in [3.63, 3.8) is 0 Å². The number of rotatable bonds is 10. The second-order valence-corrected chi connectivity index (χ2v) is 32.0. The molecule has 0 aliphatic rings. The zero-order chi connectivity index (χ0) is 83.3. The summed E-state index contributed by atoms with van der Waals surface area (Å²) in [5.41, 5.74) is 28.4. The van der Waals surface area contributed by atoms with Crippen molar-refractivity contribution >= 4 is 130 Å². The molecule has 22 aromatic carbocycles. The molecule has 0 bridgehead atoms. The highest BCUT2D eigenvalue weighted by atomic mass is 15.0. The molecule has 0 N–H and O–H groups in total. The quantitative estimate of drug-likeness (QED) is 0.0958. The van der Waals surface area contributed by atoms with Gasteiger partial charge in [-0.25, -0.2) is 0 Å². The van der Waals surface area contributed by atoms with Crippen LogP contribution in [0.25, 0.3) is 225 Å². The summed E-state index contributed by atoms with van der Waals surface area (Å²) < 4.78 is 7.13. The Morgan fingerprint density at radius 1 is 0.128 bits per heavy atom. The van der Waals surface area contributed by atoms with Crippen LogP contribution in [0.2, 0.25) is 0 Å². The van der Waals surface area contributed by atoms with Gasteiger partial charge in [-0.3, -0.25) is 0 Å². The van der Waals surface area contributed by atoms with E-state index in [1.54, 1.807) is 0 Å².